The number of hydroxylamine groups is 2. The summed E-state index contributed by atoms with van der Waals surface area (Å²) in [7, 11) is 4.67. The molecule has 2 fully saturated rings. The Morgan fingerprint density at radius 3 is 2.52 bits per heavy atom. The lowest BCUT2D eigenvalue weighted by molar-refractivity contribution is -0.218. The van der Waals surface area contributed by atoms with Crippen molar-refractivity contribution in [3.8, 4) is 11.5 Å². The number of likely N-dealkylation sites (tertiary alicyclic amines) is 1. The van der Waals surface area contributed by atoms with Gasteiger partial charge in [-0.2, -0.15) is 0 Å². The van der Waals surface area contributed by atoms with Crippen LogP contribution in [0, 0.1) is 12.8 Å². The van der Waals surface area contributed by atoms with Crippen molar-refractivity contribution >= 4 is 11.9 Å². The van der Waals surface area contributed by atoms with E-state index >= 15 is 0 Å². The van der Waals surface area contributed by atoms with E-state index in [1.165, 1.54) is 12.2 Å². The maximum Gasteiger partial charge on any atom is 0.311 e. The number of benzene rings is 1. The maximum atomic E-state index is 12.7. The average molecular weight is 433 g/mol. The summed E-state index contributed by atoms with van der Waals surface area (Å²) < 4.78 is 16.1. The number of hydrogen-bond acceptors (Lipinski definition) is 7. The molecule has 1 amide bonds. The Bertz CT molecular complexity index is 832. The Labute approximate surface area is 183 Å². The van der Waals surface area contributed by atoms with E-state index < -0.39 is 11.5 Å². The van der Waals surface area contributed by atoms with Crippen molar-refractivity contribution in [2.24, 2.45) is 5.92 Å². The molecule has 170 valence electrons. The molecule has 0 aromatic heterocycles. The van der Waals surface area contributed by atoms with Crippen LogP contribution in [0.5, 0.6) is 11.5 Å². The van der Waals surface area contributed by atoms with Crippen molar-refractivity contribution in [3.05, 3.63) is 35.9 Å². The summed E-state index contributed by atoms with van der Waals surface area (Å²) in [6.45, 7) is 7.98. The molecular weight excluding hydrogens is 400 g/mol. The third-order valence-corrected chi connectivity index (χ3v) is 6.44. The fraction of sp³-hybridized carbons (Fsp3) is 0.565. The highest BCUT2D eigenvalue weighted by molar-refractivity contribution is 5.88. The van der Waals surface area contributed by atoms with E-state index in [4.69, 9.17) is 19.0 Å². The molecule has 2 heterocycles. The number of amides is 1. The van der Waals surface area contributed by atoms with Crippen molar-refractivity contribution in [1.29, 1.82) is 0 Å². The Morgan fingerprint density at radius 1 is 1.23 bits per heavy atom. The van der Waals surface area contributed by atoms with Crippen LogP contribution in [0.2, 0.25) is 0 Å². The van der Waals surface area contributed by atoms with Gasteiger partial charge in [0, 0.05) is 37.2 Å². The van der Waals surface area contributed by atoms with Gasteiger partial charge in [0.1, 0.15) is 11.5 Å². The van der Waals surface area contributed by atoms with Crippen molar-refractivity contribution in [2.45, 2.75) is 38.3 Å². The van der Waals surface area contributed by atoms with Crippen molar-refractivity contribution in [3.63, 3.8) is 0 Å². The quantitative estimate of drug-likeness (QED) is 0.461. The summed E-state index contributed by atoms with van der Waals surface area (Å²) >= 11 is 0. The summed E-state index contributed by atoms with van der Waals surface area (Å²) in [5.41, 5.74) is 1.35. The zero-order chi connectivity index (χ0) is 22.6. The Kier molecular flexibility index (Phi) is 7.23. The van der Waals surface area contributed by atoms with Gasteiger partial charge in [-0.15, -0.1) is 6.58 Å². The number of nitrogens with zero attached hydrogens (tertiary/aromatic N) is 2. The molecule has 0 radical (unpaired) electrons. The van der Waals surface area contributed by atoms with Gasteiger partial charge in [0.05, 0.1) is 39.4 Å². The Morgan fingerprint density at radius 2 is 1.94 bits per heavy atom. The van der Waals surface area contributed by atoms with Crippen LogP contribution in [0.15, 0.2) is 24.8 Å². The molecule has 3 rings (SSSR count). The van der Waals surface area contributed by atoms with Crippen LogP contribution >= 0.6 is 0 Å². The molecule has 0 N–H and O–H groups in total. The summed E-state index contributed by atoms with van der Waals surface area (Å²) in [5, 5.41) is 1.42. The van der Waals surface area contributed by atoms with Crippen LogP contribution in [0.4, 0.5) is 0 Å². The van der Waals surface area contributed by atoms with Gasteiger partial charge in [-0.1, -0.05) is 12.1 Å². The third kappa shape index (κ3) is 4.27. The van der Waals surface area contributed by atoms with E-state index in [1.807, 2.05) is 19.1 Å². The first-order valence-corrected chi connectivity index (χ1v) is 10.5. The van der Waals surface area contributed by atoms with E-state index in [1.54, 1.807) is 20.3 Å². The Balaban J connectivity index is 1.78. The number of rotatable bonds is 8. The number of carbonyl (C=O) groups excluding carboxylic acids is 2. The van der Waals surface area contributed by atoms with E-state index in [0.29, 0.717) is 32.5 Å². The van der Waals surface area contributed by atoms with Gasteiger partial charge in [0.2, 0.25) is 5.91 Å². The van der Waals surface area contributed by atoms with E-state index in [0.717, 1.165) is 22.6 Å². The van der Waals surface area contributed by atoms with Crippen LogP contribution in [-0.4, -0.2) is 68.4 Å². The molecule has 1 atom stereocenters. The van der Waals surface area contributed by atoms with E-state index in [2.05, 4.69) is 11.5 Å². The summed E-state index contributed by atoms with van der Waals surface area (Å²) in [5.74, 6) is 0.532. The summed E-state index contributed by atoms with van der Waals surface area (Å²) in [6, 6.07) is 3.97. The highest BCUT2D eigenvalue weighted by Gasteiger charge is 2.58. The van der Waals surface area contributed by atoms with Gasteiger partial charge < -0.3 is 14.2 Å². The minimum Gasteiger partial charge on any atom is -0.496 e. The van der Waals surface area contributed by atoms with Gasteiger partial charge in [0.15, 0.2) is 0 Å². The SMILES string of the molecule is C=CCON1C(=O)C[C@@H](C(=O)OC)C12CCN(Cc1ccc(OC)c(C)c1OC)CC2. The van der Waals surface area contributed by atoms with Gasteiger partial charge in [-0.25, -0.2) is 5.06 Å². The topological polar surface area (TPSA) is 77.5 Å². The molecule has 1 aromatic rings. The second-order valence-electron chi connectivity index (χ2n) is 8.02. The fourth-order valence-corrected chi connectivity index (χ4v) is 4.86. The lowest BCUT2D eigenvalue weighted by Gasteiger charge is -2.45. The molecule has 0 aliphatic carbocycles. The number of ether oxygens (including phenoxy) is 3. The number of hydrogen-bond donors (Lipinski definition) is 0. The van der Waals surface area contributed by atoms with Crippen LogP contribution in [0.1, 0.15) is 30.4 Å². The maximum absolute atomic E-state index is 12.7. The van der Waals surface area contributed by atoms with Crippen molar-refractivity contribution in [1.82, 2.24) is 9.96 Å². The zero-order valence-corrected chi connectivity index (χ0v) is 18.8. The van der Waals surface area contributed by atoms with Gasteiger partial charge in [-0.05, 0) is 25.8 Å². The van der Waals surface area contributed by atoms with E-state index in [-0.39, 0.29) is 24.9 Å². The van der Waals surface area contributed by atoms with Gasteiger partial charge in [0.25, 0.3) is 0 Å². The standard InChI is InChI=1S/C23H32N2O6/c1-6-13-31-25-20(26)14-18(22(27)30-5)23(25)9-11-24(12-10-23)15-17-7-8-19(28-3)16(2)21(17)29-4/h6-8,18H,1,9-15H2,2-5H3/t18-/m0/s1. The highest BCUT2D eigenvalue weighted by Crippen LogP contribution is 2.45. The second kappa shape index (κ2) is 9.70. The monoisotopic (exact) mass is 432 g/mol. The molecule has 8 heteroatoms. The first kappa shape index (κ1) is 23.1. The molecular formula is C23H32N2O6. The third-order valence-electron chi connectivity index (χ3n) is 6.44. The van der Waals surface area contributed by atoms with Crippen LogP contribution < -0.4 is 9.47 Å². The minimum atomic E-state index is -0.691. The first-order valence-electron chi connectivity index (χ1n) is 10.5. The largest absolute Gasteiger partial charge is 0.496 e. The number of carbonyl (C=O) groups is 2. The van der Waals surface area contributed by atoms with Gasteiger partial charge >= 0.3 is 5.97 Å². The molecule has 2 aliphatic rings. The molecule has 2 aliphatic heterocycles. The highest BCUT2D eigenvalue weighted by atomic mass is 16.7. The smallest absolute Gasteiger partial charge is 0.311 e. The normalized spacial score (nSPS) is 20.7. The predicted molar refractivity (Wildman–Crippen MR) is 115 cm³/mol. The van der Waals surface area contributed by atoms with Crippen molar-refractivity contribution < 1.29 is 28.6 Å². The number of piperidine rings is 1. The lowest BCUT2D eigenvalue weighted by Crippen LogP contribution is -2.57. The first-order chi connectivity index (χ1) is 14.9. The fourth-order valence-electron chi connectivity index (χ4n) is 4.86. The molecule has 31 heavy (non-hydrogen) atoms. The number of esters is 1. The minimum absolute atomic E-state index is 0.106. The summed E-state index contributed by atoms with van der Waals surface area (Å²) in [4.78, 5) is 33.2. The van der Waals surface area contributed by atoms with E-state index in [9.17, 15) is 9.59 Å². The van der Waals surface area contributed by atoms with Crippen LogP contribution in [-0.2, 0) is 25.7 Å². The molecule has 0 bridgehead atoms. The second-order valence-corrected chi connectivity index (χ2v) is 8.02. The van der Waals surface area contributed by atoms with Crippen LogP contribution in [0.25, 0.3) is 0 Å². The average Bonchev–Trinajstić information content (AvgIpc) is 3.04. The predicted octanol–water partition coefficient (Wildman–Crippen LogP) is 2.49. The van der Waals surface area contributed by atoms with Crippen molar-refractivity contribution in [2.75, 3.05) is 41.0 Å². The molecule has 1 spiro atoms. The molecule has 1 aromatic carbocycles. The lowest BCUT2D eigenvalue weighted by atomic mass is 9.77. The zero-order valence-electron chi connectivity index (χ0n) is 18.8. The van der Waals surface area contributed by atoms with Crippen LogP contribution in [0.3, 0.4) is 0 Å². The molecule has 0 saturated carbocycles. The number of methoxy groups -OCH3 is 3. The molecule has 8 nitrogen and oxygen atoms in total. The molecule has 0 unspecified atom stereocenters. The Hall–Kier alpha value is -2.58. The van der Waals surface area contributed by atoms with Gasteiger partial charge in [-0.3, -0.25) is 19.3 Å². The molecule has 2 saturated heterocycles. The summed E-state index contributed by atoms with van der Waals surface area (Å²) in [6.07, 6.45) is 2.94.